The molecule has 0 saturated carbocycles. The lowest BCUT2D eigenvalue weighted by Gasteiger charge is -2.41. The topological polar surface area (TPSA) is 74.8 Å². The average molecular weight is 519 g/mol. The Morgan fingerprint density at radius 1 is 1.00 bits per heavy atom. The first-order chi connectivity index (χ1) is 18.6. The Balaban J connectivity index is 1.15. The minimum Gasteiger partial charge on any atom is -0.493 e. The van der Waals surface area contributed by atoms with Crippen molar-refractivity contribution in [1.82, 2.24) is 20.1 Å². The van der Waals surface area contributed by atoms with Crippen LogP contribution in [0.4, 0.5) is 0 Å². The molecule has 0 radical (unpaired) electrons. The number of hydrogen-bond acceptors (Lipinski definition) is 5. The fraction of sp³-hybridized carbons (Fsp3) is 0.581. The molecule has 1 aromatic carbocycles. The Labute approximate surface area is 226 Å². The number of carbonyl (C=O) groups excluding carboxylic acids is 2. The number of ether oxygens (including phenoxy) is 1. The van der Waals surface area contributed by atoms with Crippen LogP contribution in [0.25, 0.3) is 0 Å². The van der Waals surface area contributed by atoms with Crippen LogP contribution in [0.1, 0.15) is 68.5 Å². The van der Waals surface area contributed by atoms with Gasteiger partial charge in [-0.1, -0.05) is 30.7 Å². The van der Waals surface area contributed by atoms with Gasteiger partial charge < -0.3 is 15.0 Å². The molecule has 7 heteroatoms. The van der Waals surface area contributed by atoms with Crippen molar-refractivity contribution in [3.8, 4) is 5.75 Å². The second kappa shape index (κ2) is 12.7. The molecule has 3 aliphatic rings. The molecule has 5 rings (SSSR count). The maximum Gasteiger partial charge on any atom is 0.236 e. The summed E-state index contributed by atoms with van der Waals surface area (Å²) in [7, 11) is 0. The zero-order valence-corrected chi connectivity index (χ0v) is 22.6. The van der Waals surface area contributed by atoms with Gasteiger partial charge >= 0.3 is 0 Å². The van der Waals surface area contributed by atoms with E-state index in [2.05, 4.69) is 39.5 Å². The van der Waals surface area contributed by atoms with E-state index in [0.29, 0.717) is 25.6 Å². The van der Waals surface area contributed by atoms with Gasteiger partial charge in [-0.3, -0.25) is 19.5 Å². The SMILES string of the molecule is O=C(CN1CCC2(CCCCc3ccccc3OCCCNC2=O)CC1)N1CCCC(c2ccccn2)C1. The number of aryl methyl sites for hydroxylation is 1. The molecule has 3 aliphatic heterocycles. The molecular weight excluding hydrogens is 476 g/mol. The number of rotatable bonds is 3. The first-order valence-electron chi connectivity index (χ1n) is 14.5. The minimum atomic E-state index is -0.330. The number of amides is 2. The van der Waals surface area contributed by atoms with Gasteiger partial charge in [0.05, 0.1) is 18.6 Å². The smallest absolute Gasteiger partial charge is 0.236 e. The van der Waals surface area contributed by atoms with Crippen LogP contribution in [0.2, 0.25) is 0 Å². The van der Waals surface area contributed by atoms with E-state index in [4.69, 9.17) is 4.74 Å². The van der Waals surface area contributed by atoms with Crippen LogP contribution in [0, 0.1) is 5.41 Å². The monoisotopic (exact) mass is 518 g/mol. The molecule has 2 saturated heterocycles. The minimum absolute atomic E-state index is 0.189. The molecule has 1 atom stereocenters. The van der Waals surface area contributed by atoms with Crippen LogP contribution in [0.5, 0.6) is 5.75 Å². The summed E-state index contributed by atoms with van der Waals surface area (Å²) < 4.78 is 6.01. The van der Waals surface area contributed by atoms with E-state index >= 15 is 0 Å². The molecule has 1 N–H and O–H groups in total. The molecule has 1 aromatic heterocycles. The van der Waals surface area contributed by atoms with E-state index in [1.54, 1.807) is 0 Å². The lowest BCUT2D eigenvalue weighted by Crippen LogP contribution is -2.51. The lowest BCUT2D eigenvalue weighted by atomic mass is 9.73. The predicted molar refractivity (Wildman–Crippen MR) is 148 cm³/mol. The highest BCUT2D eigenvalue weighted by atomic mass is 16.5. The average Bonchev–Trinajstić information content (AvgIpc) is 2.98. The van der Waals surface area contributed by atoms with Crippen molar-refractivity contribution in [2.24, 2.45) is 5.41 Å². The zero-order chi connectivity index (χ0) is 26.2. The van der Waals surface area contributed by atoms with Gasteiger partial charge in [0.15, 0.2) is 0 Å². The Bertz CT molecular complexity index is 1070. The Kier molecular flexibility index (Phi) is 8.94. The highest BCUT2D eigenvalue weighted by Gasteiger charge is 2.41. The van der Waals surface area contributed by atoms with Crippen molar-refractivity contribution in [1.29, 1.82) is 0 Å². The number of likely N-dealkylation sites (tertiary alicyclic amines) is 2. The molecule has 2 aromatic rings. The van der Waals surface area contributed by atoms with Gasteiger partial charge in [-0.25, -0.2) is 0 Å². The molecule has 0 bridgehead atoms. The normalized spacial score (nSPS) is 23.2. The molecular formula is C31H42N4O3. The van der Waals surface area contributed by atoms with Crippen molar-refractivity contribution in [3.63, 3.8) is 0 Å². The maximum absolute atomic E-state index is 13.4. The van der Waals surface area contributed by atoms with E-state index in [9.17, 15) is 9.59 Å². The zero-order valence-electron chi connectivity index (χ0n) is 22.6. The Morgan fingerprint density at radius 3 is 2.68 bits per heavy atom. The molecule has 1 spiro atoms. The van der Waals surface area contributed by atoms with E-state index in [-0.39, 0.29) is 17.2 Å². The second-order valence-electron chi connectivity index (χ2n) is 11.3. The molecule has 38 heavy (non-hydrogen) atoms. The molecule has 204 valence electrons. The van der Waals surface area contributed by atoms with E-state index in [0.717, 1.165) is 95.4 Å². The number of nitrogens with one attached hydrogen (secondary N) is 1. The van der Waals surface area contributed by atoms with Crippen LogP contribution < -0.4 is 10.1 Å². The van der Waals surface area contributed by atoms with Crippen molar-refractivity contribution in [3.05, 3.63) is 59.9 Å². The second-order valence-corrected chi connectivity index (χ2v) is 11.3. The third-order valence-electron chi connectivity index (χ3n) is 8.72. The number of benzene rings is 1. The summed E-state index contributed by atoms with van der Waals surface area (Å²) in [6, 6.07) is 14.3. The van der Waals surface area contributed by atoms with E-state index < -0.39 is 0 Å². The first kappa shape index (κ1) is 26.7. The summed E-state index contributed by atoms with van der Waals surface area (Å²) in [6.07, 6.45) is 10.3. The molecule has 7 nitrogen and oxygen atoms in total. The highest BCUT2D eigenvalue weighted by Crippen LogP contribution is 2.38. The summed E-state index contributed by atoms with van der Waals surface area (Å²) in [5.74, 6) is 1.69. The van der Waals surface area contributed by atoms with Gasteiger partial charge in [0.2, 0.25) is 11.8 Å². The summed E-state index contributed by atoms with van der Waals surface area (Å²) >= 11 is 0. The summed E-state index contributed by atoms with van der Waals surface area (Å²) in [5, 5.41) is 3.21. The molecule has 4 heterocycles. The fourth-order valence-corrected chi connectivity index (χ4v) is 6.36. The van der Waals surface area contributed by atoms with Gasteiger partial charge in [-0.2, -0.15) is 0 Å². The highest BCUT2D eigenvalue weighted by molar-refractivity contribution is 5.83. The van der Waals surface area contributed by atoms with Crippen LogP contribution in [0.3, 0.4) is 0 Å². The van der Waals surface area contributed by atoms with Crippen LogP contribution in [0.15, 0.2) is 48.7 Å². The number of piperidine rings is 2. The van der Waals surface area contributed by atoms with Gasteiger partial charge in [-0.15, -0.1) is 0 Å². The number of hydrogen-bond donors (Lipinski definition) is 1. The third kappa shape index (κ3) is 6.55. The largest absolute Gasteiger partial charge is 0.493 e. The standard InChI is InChI=1S/C31H42N4O3/c36-29(35-19-7-11-26(23-35)27-12-4-6-17-32-27)24-34-20-15-31(16-21-34)14-5-3-10-25-9-1-2-13-28(25)38-22-8-18-33-30(31)37/h1-2,4,6,9,12-13,17,26H,3,5,7-8,10-11,14-16,18-24H2,(H,33,37). The van der Waals surface area contributed by atoms with Gasteiger partial charge in [0.1, 0.15) is 5.75 Å². The number of pyridine rings is 1. The van der Waals surface area contributed by atoms with Gasteiger partial charge in [0.25, 0.3) is 0 Å². The van der Waals surface area contributed by atoms with Crippen molar-refractivity contribution in [2.45, 2.75) is 63.7 Å². The van der Waals surface area contributed by atoms with Crippen LogP contribution in [-0.4, -0.2) is 72.5 Å². The summed E-state index contributed by atoms with van der Waals surface area (Å²) in [6.45, 7) is 4.86. The summed E-state index contributed by atoms with van der Waals surface area (Å²) in [4.78, 5) is 35.5. The van der Waals surface area contributed by atoms with Gasteiger partial charge in [0, 0.05) is 37.4 Å². The fourth-order valence-electron chi connectivity index (χ4n) is 6.36. The van der Waals surface area contributed by atoms with Crippen molar-refractivity contribution in [2.75, 3.05) is 45.9 Å². The van der Waals surface area contributed by atoms with Crippen LogP contribution >= 0.6 is 0 Å². The Morgan fingerprint density at radius 2 is 1.84 bits per heavy atom. The lowest BCUT2D eigenvalue weighted by molar-refractivity contribution is -0.137. The number of fused-ring (bicyclic) bond motifs is 1. The van der Waals surface area contributed by atoms with E-state index in [1.165, 1.54) is 5.56 Å². The van der Waals surface area contributed by atoms with Crippen LogP contribution in [-0.2, 0) is 16.0 Å². The van der Waals surface area contributed by atoms with Crippen molar-refractivity contribution >= 4 is 11.8 Å². The number of aromatic nitrogens is 1. The number of nitrogens with zero attached hydrogens (tertiary/aromatic N) is 3. The number of para-hydroxylation sites is 1. The number of carbonyl (C=O) groups is 2. The third-order valence-corrected chi connectivity index (χ3v) is 8.72. The Hall–Kier alpha value is -2.93. The summed E-state index contributed by atoms with van der Waals surface area (Å²) in [5.41, 5.74) is 2.02. The first-order valence-corrected chi connectivity index (χ1v) is 14.5. The molecule has 2 amide bonds. The van der Waals surface area contributed by atoms with E-state index in [1.807, 2.05) is 29.3 Å². The predicted octanol–water partition coefficient (Wildman–Crippen LogP) is 4.18. The van der Waals surface area contributed by atoms with Gasteiger partial charge in [-0.05, 0) is 88.2 Å². The maximum atomic E-state index is 13.4. The molecule has 0 aliphatic carbocycles. The molecule has 1 unspecified atom stereocenters. The van der Waals surface area contributed by atoms with Crippen molar-refractivity contribution < 1.29 is 14.3 Å². The quantitative estimate of drug-likeness (QED) is 0.660. The molecule has 2 fully saturated rings.